The average Bonchev–Trinajstić information content (AvgIpc) is 3.43. The molecule has 0 spiro atoms. The number of rotatable bonds is 5. The average molecular weight is 403 g/mol. The van der Waals surface area contributed by atoms with E-state index in [0.717, 1.165) is 37.7 Å². The summed E-state index contributed by atoms with van der Waals surface area (Å²) >= 11 is 0. The molecular formula is C23H26N6O. The van der Waals surface area contributed by atoms with Gasteiger partial charge >= 0.3 is 0 Å². The fraction of sp³-hybridized carbons (Fsp3) is 0.391. The second-order valence-corrected chi connectivity index (χ2v) is 8.61. The molecule has 3 fully saturated rings. The van der Waals surface area contributed by atoms with Gasteiger partial charge in [-0.25, -0.2) is 4.68 Å². The molecule has 6 rings (SSSR count). The van der Waals surface area contributed by atoms with Crippen LogP contribution < -0.4 is 10.2 Å². The lowest BCUT2D eigenvalue weighted by Crippen LogP contribution is -2.56. The molecule has 30 heavy (non-hydrogen) atoms. The zero-order valence-corrected chi connectivity index (χ0v) is 17.1. The van der Waals surface area contributed by atoms with Gasteiger partial charge in [0.2, 0.25) is 5.95 Å². The Labute approximate surface area is 176 Å². The first-order chi connectivity index (χ1) is 14.7. The summed E-state index contributed by atoms with van der Waals surface area (Å²) in [6.07, 6.45) is 3.00. The van der Waals surface area contributed by atoms with Crippen LogP contribution >= 0.6 is 0 Å². The number of likely N-dealkylation sites (tertiary alicyclic amines) is 1. The zero-order chi connectivity index (χ0) is 20.1. The number of hydrogen-bond donors (Lipinski definition) is 1. The summed E-state index contributed by atoms with van der Waals surface area (Å²) in [6.45, 7) is 6.22. The minimum Gasteiger partial charge on any atom is -0.378 e. The molecule has 7 nitrogen and oxygen atoms in total. The van der Waals surface area contributed by atoms with Gasteiger partial charge in [-0.1, -0.05) is 18.2 Å². The van der Waals surface area contributed by atoms with Gasteiger partial charge in [-0.05, 0) is 49.2 Å². The maximum atomic E-state index is 5.41. The molecule has 0 saturated carbocycles. The summed E-state index contributed by atoms with van der Waals surface area (Å²) in [5.74, 6) is 0.606. The van der Waals surface area contributed by atoms with Gasteiger partial charge in [-0.3, -0.25) is 4.90 Å². The third-order valence-corrected chi connectivity index (χ3v) is 6.53. The van der Waals surface area contributed by atoms with E-state index in [0.29, 0.717) is 24.1 Å². The second kappa shape index (κ2) is 7.11. The Kier molecular flexibility index (Phi) is 4.24. The number of benzene rings is 2. The predicted molar refractivity (Wildman–Crippen MR) is 117 cm³/mol. The third kappa shape index (κ3) is 3.14. The van der Waals surface area contributed by atoms with Crippen molar-refractivity contribution in [2.45, 2.75) is 31.5 Å². The number of ether oxygens (including phenoxy) is 1. The Bertz CT molecular complexity index is 1050. The lowest BCUT2D eigenvalue weighted by atomic mass is 10.1. The molecule has 0 unspecified atom stereocenters. The van der Waals surface area contributed by atoms with Crippen molar-refractivity contribution >= 4 is 17.3 Å². The van der Waals surface area contributed by atoms with Crippen molar-refractivity contribution in [2.24, 2.45) is 0 Å². The van der Waals surface area contributed by atoms with E-state index >= 15 is 0 Å². The number of aromatic nitrogens is 3. The second-order valence-electron chi connectivity index (χ2n) is 8.61. The Morgan fingerprint density at radius 1 is 0.967 bits per heavy atom. The highest BCUT2D eigenvalue weighted by Crippen LogP contribution is 2.38. The zero-order valence-electron chi connectivity index (χ0n) is 17.1. The van der Waals surface area contributed by atoms with Gasteiger partial charge < -0.3 is 15.0 Å². The Balaban J connectivity index is 1.19. The molecule has 2 bridgehead atoms. The molecule has 7 heteroatoms. The summed E-state index contributed by atoms with van der Waals surface area (Å²) in [6, 6.07) is 18.6. The third-order valence-electron chi connectivity index (χ3n) is 6.53. The van der Waals surface area contributed by atoms with Crippen LogP contribution in [0, 0.1) is 6.92 Å². The highest BCUT2D eigenvalue weighted by Gasteiger charge is 2.47. The smallest absolute Gasteiger partial charge is 0.246 e. The minimum atomic E-state index is 0.598. The first-order valence-electron chi connectivity index (χ1n) is 10.7. The van der Waals surface area contributed by atoms with E-state index in [-0.39, 0.29) is 0 Å². The van der Waals surface area contributed by atoms with Crippen molar-refractivity contribution in [1.29, 1.82) is 0 Å². The number of para-hydroxylation sites is 1. The van der Waals surface area contributed by atoms with Crippen LogP contribution in [0.2, 0.25) is 0 Å². The van der Waals surface area contributed by atoms with Crippen molar-refractivity contribution in [1.82, 2.24) is 19.7 Å². The summed E-state index contributed by atoms with van der Waals surface area (Å²) in [5, 5.41) is 7.97. The number of hydrogen-bond acceptors (Lipinski definition) is 6. The summed E-state index contributed by atoms with van der Waals surface area (Å²) < 4.78 is 7.20. The molecule has 0 amide bonds. The number of aryl methyl sites for hydroxylation is 1. The highest BCUT2D eigenvalue weighted by atomic mass is 16.5. The summed E-state index contributed by atoms with van der Waals surface area (Å²) in [4.78, 5) is 9.68. The molecule has 2 aromatic carbocycles. The lowest BCUT2D eigenvalue weighted by molar-refractivity contribution is -0.0708. The molecule has 154 valence electrons. The van der Waals surface area contributed by atoms with Gasteiger partial charge in [0, 0.05) is 36.5 Å². The standard InChI is InChI=1S/C23H26N6O/c1-16-7-17(25-23-24-15-29(26-23)18-5-3-2-4-6-18)9-19(8-16)27-11-21-10-20(27)12-28(21)22-13-30-14-22/h2-9,15,20-22H,10-14H2,1H3,(H,25,26)/t20-,21-/m0/s1. The van der Waals surface area contributed by atoms with Crippen LogP contribution in [0.1, 0.15) is 12.0 Å². The molecule has 1 N–H and O–H groups in total. The van der Waals surface area contributed by atoms with E-state index in [4.69, 9.17) is 4.74 Å². The van der Waals surface area contributed by atoms with Gasteiger partial charge in [0.05, 0.1) is 24.9 Å². The molecule has 3 aliphatic heterocycles. The SMILES string of the molecule is Cc1cc(Nc2ncn(-c3ccccc3)n2)cc(N2C[C@@H]3C[C@H]2CN3C2COC2)c1. The van der Waals surface area contributed by atoms with E-state index in [2.05, 4.69) is 50.3 Å². The van der Waals surface area contributed by atoms with Crippen LogP contribution in [0.4, 0.5) is 17.3 Å². The number of nitrogens with one attached hydrogen (secondary N) is 1. The van der Waals surface area contributed by atoms with Gasteiger partial charge in [0.15, 0.2) is 0 Å². The molecule has 0 radical (unpaired) electrons. The Morgan fingerprint density at radius 2 is 1.83 bits per heavy atom. The minimum absolute atomic E-state index is 0.598. The molecular weight excluding hydrogens is 376 g/mol. The molecule has 0 aliphatic carbocycles. The maximum Gasteiger partial charge on any atom is 0.246 e. The van der Waals surface area contributed by atoms with Crippen LogP contribution in [-0.4, -0.2) is 64.1 Å². The fourth-order valence-electron chi connectivity index (χ4n) is 5.03. The first kappa shape index (κ1) is 17.9. The van der Waals surface area contributed by atoms with Crippen molar-refractivity contribution in [3.63, 3.8) is 0 Å². The molecule has 2 atom stereocenters. The number of piperazine rings is 1. The summed E-state index contributed by atoms with van der Waals surface area (Å²) in [5.41, 5.74) is 4.56. The van der Waals surface area contributed by atoms with Crippen molar-refractivity contribution < 1.29 is 4.74 Å². The van der Waals surface area contributed by atoms with Crippen LogP contribution in [0.5, 0.6) is 0 Å². The van der Waals surface area contributed by atoms with E-state index in [9.17, 15) is 0 Å². The van der Waals surface area contributed by atoms with Crippen molar-refractivity contribution in [3.05, 3.63) is 60.4 Å². The molecule has 4 heterocycles. The predicted octanol–water partition coefficient (Wildman–Crippen LogP) is 2.98. The topological polar surface area (TPSA) is 58.5 Å². The molecule has 3 saturated heterocycles. The normalized spacial score (nSPS) is 23.7. The quantitative estimate of drug-likeness (QED) is 0.708. The van der Waals surface area contributed by atoms with E-state index in [1.54, 1.807) is 11.0 Å². The van der Waals surface area contributed by atoms with E-state index in [1.165, 1.54) is 17.7 Å². The Hall–Kier alpha value is -2.90. The largest absolute Gasteiger partial charge is 0.378 e. The lowest BCUT2D eigenvalue weighted by Gasteiger charge is -2.43. The maximum absolute atomic E-state index is 5.41. The number of anilines is 3. The van der Waals surface area contributed by atoms with Crippen molar-refractivity contribution in [2.75, 3.05) is 36.5 Å². The molecule has 1 aromatic heterocycles. The fourth-order valence-corrected chi connectivity index (χ4v) is 5.03. The molecule has 3 aromatic rings. The Morgan fingerprint density at radius 3 is 2.57 bits per heavy atom. The van der Waals surface area contributed by atoms with Crippen LogP contribution in [-0.2, 0) is 4.74 Å². The monoisotopic (exact) mass is 402 g/mol. The number of nitrogens with zero attached hydrogens (tertiary/aromatic N) is 5. The molecule has 3 aliphatic rings. The highest BCUT2D eigenvalue weighted by molar-refractivity contribution is 5.65. The van der Waals surface area contributed by atoms with E-state index in [1.807, 2.05) is 30.3 Å². The van der Waals surface area contributed by atoms with Gasteiger partial charge in [-0.2, -0.15) is 4.98 Å². The first-order valence-corrected chi connectivity index (χ1v) is 10.7. The number of fused-ring (bicyclic) bond motifs is 2. The van der Waals surface area contributed by atoms with Gasteiger partial charge in [0.1, 0.15) is 6.33 Å². The van der Waals surface area contributed by atoms with Crippen LogP contribution in [0.25, 0.3) is 5.69 Å². The van der Waals surface area contributed by atoms with E-state index < -0.39 is 0 Å². The van der Waals surface area contributed by atoms with Gasteiger partial charge in [0.25, 0.3) is 0 Å². The van der Waals surface area contributed by atoms with Crippen molar-refractivity contribution in [3.8, 4) is 5.69 Å². The summed E-state index contributed by atoms with van der Waals surface area (Å²) in [7, 11) is 0. The van der Waals surface area contributed by atoms with Gasteiger partial charge in [-0.15, -0.1) is 5.10 Å². The van der Waals surface area contributed by atoms with Crippen LogP contribution in [0.3, 0.4) is 0 Å². The van der Waals surface area contributed by atoms with Crippen LogP contribution in [0.15, 0.2) is 54.9 Å².